The quantitative estimate of drug-likeness (QED) is 0.557. The molecule has 146 valence electrons. The van der Waals surface area contributed by atoms with Crippen LogP contribution in [0, 0.1) is 12.7 Å². The Morgan fingerprint density at radius 3 is 2.93 bits per heavy atom. The molecule has 1 amide bonds. The highest BCUT2D eigenvalue weighted by molar-refractivity contribution is 7.20. The van der Waals surface area contributed by atoms with Crippen molar-refractivity contribution in [1.82, 2.24) is 14.8 Å². The van der Waals surface area contributed by atoms with Gasteiger partial charge in [-0.15, -0.1) is 0 Å². The van der Waals surface area contributed by atoms with E-state index in [1.54, 1.807) is 24.3 Å². The molecule has 2 aromatic heterocycles. The van der Waals surface area contributed by atoms with Crippen LogP contribution < -0.4 is 14.8 Å². The van der Waals surface area contributed by atoms with E-state index < -0.39 is 6.10 Å². The Hall–Kier alpha value is -3.46. The van der Waals surface area contributed by atoms with Gasteiger partial charge in [0.15, 0.2) is 11.5 Å². The molecule has 4 aromatic rings. The zero-order chi connectivity index (χ0) is 20.0. The van der Waals surface area contributed by atoms with E-state index >= 15 is 0 Å². The van der Waals surface area contributed by atoms with Crippen LogP contribution in [-0.4, -0.2) is 33.4 Å². The van der Waals surface area contributed by atoms with E-state index in [1.165, 1.54) is 28.2 Å². The van der Waals surface area contributed by atoms with E-state index in [0.717, 1.165) is 0 Å². The number of rotatable bonds is 3. The van der Waals surface area contributed by atoms with Gasteiger partial charge in [0.2, 0.25) is 11.2 Å². The van der Waals surface area contributed by atoms with E-state index in [9.17, 15) is 9.18 Å². The lowest BCUT2D eigenvalue weighted by atomic mass is 10.2. The van der Waals surface area contributed by atoms with Crippen LogP contribution in [0.2, 0.25) is 0 Å². The van der Waals surface area contributed by atoms with Gasteiger partial charge in [-0.05, 0) is 37.3 Å². The summed E-state index contributed by atoms with van der Waals surface area (Å²) in [7, 11) is 0. The first-order valence-electron chi connectivity index (χ1n) is 8.89. The Morgan fingerprint density at radius 1 is 1.24 bits per heavy atom. The number of halogens is 1. The molecule has 0 bridgehead atoms. The number of anilines is 1. The van der Waals surface area contributed by atoms with Gasteiger partial charge in [-0.1, -0.05) is 23.5 Å². The highest BCUT2D eigenvalue weighted by Gasteiger charge is 2.28. The molecule has 0 saturated carbocycles. The molecule has 29 heavy (non-hydrogen) atoms. The third-order valence-electron chi connectivity index (χ3n) is 4.40. The van der Waals surface area contributed by atoms with Crippen molar-refractivity contribution in [3.05, 3.63) is 60.0 Å². The van der Waals surface area contributed by atoms with Crippen LogP contribution in [0.3, 0.4) is 0 Å². The van der Waals surface area contributed by atoms with Crippen LogP contribution in [0.15, 0.2) is 48.5 Å². The van der Waals surface area contributed by atoms with Crippen molar-refractivity contribution >= 4 is 33.3 Å². The summed E-state index contributed by atoms with van der Waals surface area (Å²) in [5.74, 6) is 0.908. The molecule has 0 saturated heterocycles. The Labute approximate surface area is 168 Å². The number of nitrogens with one attached hydrogen (secondary N) is 1. The lowest BCUT2D eigenvalue weighted by molar-refractivity contribution is -0.125. The first-order chi connectivity index (χ1) is 14.1. The summed E-state index contributed by atoms with van der Waals surface area (Å²) >= 11 is 1.29. The fraction of sp³-hybridized carbons (Fsp3) is 0.150. The van der Waals surface area contributed by atoms with Gasteiger partial charge in [-0.3, -0.25) is 4.79 Å². The third kappa shape index (κ3) is 3.29. The average Bonchev–Trinajstić information content (AvgIpc) is 3.30. The summed E-state index contributed by atoms with van der Waals surface area (Å²) in [5.41, 5.74) is 1.37. The third-order valence-corrected chi connectivity index (χ3v) is 5.40. The number of thiazole rings is 1. The second-order valence-corrected chi connectivity index (χ2v) is 7.55. The monoisotopic (exact) mass is 410 g/mol. The van der Waals surface area contributed by atoms with Crippen LogP contribution in [0.4, 0.5) is 10.2 Å². The van der Waals surface area contributed by atoms with Crippen molar-refractivity contribution in [3.8, 4) is 16.6 Å². The number of benzene rings is 2. The maximum atomic E-state index is 13.5. The van der Waals surface area contributed by atoms with Crippen LogP contribution in [0.5, 0.6) is 11.5 Å². The molecule has 2 aromatic carbocycles. The van der Waals surface area contributed by atoms with Crippen molar-refractivity contribution in [3.63, 3.8) is 0 Å². The second-order valence-electron chi connectivity index (χ2n) is 6.54. The number of para-hydroxylation sites is 2. The van der Waals surface area contributed by atoms with Gasteiger partial charge in [-0.25, -0.2) is 9.37 Å². The molecular weight excluding hydrogens is 395 g/mol. The predicted octanol–water partition coefficient (Wildman–Crippen LogP) is 3.71. The SMILES string of the molecule is Cc1cc(NC(=O)C2COc3ccccc3O2)n(-c2nc3ccc(F)cc3s2)n1. The van der Waals surface area contributed by atoms with Gasteiger partial charge in [0.25, 0.3) is 5.91 Å². The largest absolute Gasteiger partial charge is 0.485 e. The van der Waals surface area contributed by atoms with Crippen LogP contribution in [0.1, 0.15) is 5.69 Å². The van der Waals surface area contributed by atoms with Gasteiger partial charge in [-0.2, -0.15) is 9.78 Å². The zero-order valence-corrected chi connectivity index (χ0v) is 16.1. The molecule has 9 heteroatoms. The minimum Gasteiger partial charge on any atom is -0.485 e. The summed E-state index contributed by atoms with van der Waals surface area (Å²) in [6.07, 6.45) is -0.794. The maximum absolute atomic E-state index is 13.5. The summed E-state index contributed by atoms with van der Waals surface area (Å²) < 4.78 is 27.1. The number of ether oxygens (including phenoxy) is 2. The molecule has 1 atom stereocenters. The number of hydrogen-bond acceptors (Lipinski definition) is 6. The second kappa shape index (κ2) is 6.85. The molecule has 1 N–H and O–H groups in total. The summed E-state index contributed by atoms with van der Waals surface area (Å²) in [6.45, 7) is 1.92. The normalized spacial score (nSPS) is 15.4. The number of carbonyl (C=O) groups is 1. The molecule has 0 radical (unpaired) electrons. The number of fused-ring (bicyclic) bond motifs is 2. The number of amides is 1. The molecule has 1 unspecified atom stereocenters. The smallest absolute Gasteiger partial charge is 0.270 e. The molecule has 1 aliphatic rings. The summed E-state index contributed by atoms with van der Waals surface area (Å²) in [5, 5.41) is 7.78. The average molecular weight is 410 g/mol. The van der Waals surface area contributed by atoms with E-state index in [0.29, 0.717) is 38.4 Å². The maximum Gasteiger partial charge on any atom is 0.270 e. The van der Waals surface area contributed by atoms with Crippen LogP contribution in [-0.2, 0) is 4.79 Å². The van der Waals surface area contributed by atoms with Gasteiger partial charge < -0.3 is 14.8 Å². The molecular formula is C20H15FN4O3S. The Bertz CT molecular complexity index is 1240. The lowest BCUT2D eigenvalue weighted by Crippen LogP contribution is -2.40. The molecule has 0 spiro atoms. The predicted molar refractivity (Wildman–Crippen MR) is 106 cm³/mol. The van der Waals surface area contributed by atoms with Gasteiger partial charge in [0, 0.05) is 6.07 Å². The standard InChI is InChI=1S/C20H15FN4O3S/c1-11-8-18(23-19(26)16-10-27-14-4-2-3-5-15(14)28-16)25(24-11)20-22-13-7-6-12(21)9-17(13)29-20/h2-9,16H,10H2,1H3,(H,23,26). The molecule has 0 fully saturated rings. The Morgan fingerprint density at radius 2 is 2.07 bits per heavy atom. The highest BCUT2D eigenvalue weighted by atomic mass is 32.1. The Kier molecular flexibility index (Phi) is 4.17. The zero-order valence-electron chi connectivity index (χ0n) is 15.3. The van der Waals surface area contributed by atoms with E-state index in [-0.39, 0.29) is 18.3 Å². The molecule has 0 aliphatic carbocycles. The lowest BCUT2D eigenvalue weighted by Gasteiger charge is -2.25. The Balaban J connectivity index is 1.41. The number of aryl methyl sites for hydroxylation is 1. The molecule has 7 nitrogen and oxygen atoms in total. The minimum atomic E-state index is -0.794. The minimum absolute atomic E-state index is 0.108. The fourth-order valence-electron chi connectivity index (χ4n) is 3.07. The fourth-order valence-corrected chi connectivity index (χ4v) is 4.02. The van der Waals surface area contributed by atoms with Crippen molar-refractivity contribution in [2.45, 2.75) is 13.0 Å². The van der Waals surface area contributed by atoms with Crippen LogP contribution >= 0.6 is 11.3 Å². The first kappa shape index (κ1) is 17.6. The van der Waals surface area contributed by atoms with E-state index in [4.69, 9.17) is 9.47 Å². The van der Waals surface area contributed by atoms with E-state index in [1.807, 2.05) is 19.1 Å². The number of carbonyl (C=O) groups excluding carboxylic acids is 1. The van der Waals surface area contributed by atoms with Crippen molar-refractivity contribution in [1.29, 1.82) is 0 Å². The number of aromatic nitrogens is 3. The topological polar surface area (TPSA) is 78.3 Å². The summed E-state index contributed by atoms with van der Waals surface area (Å²) in [4.78, 5) is 17.3. The summed E-state index contributed by atoms with van der Waals surface area (Å²) in [6, 6.07) is 13.3. The van der Waals surface area contributed by atoms with Gasteiger partial charge in [0.1, 0.15) is 18.2 Å². The molecule has 1 aliphatic heterocycles. The van der Waals surface area contributed by atoms with Crippen molar-refractivity contribution in [2.24, 2.45) is 0 Å². The van der Waals surface area contributed by atoms with Gasteiger partial charge in [0.05, 0.1) is 15.9 Å². The highest BCUT2D eigenvalue weighted by Crippen LogP contribution is 2.32. The van der Waals surface area contributed by atoms with Crippen LogP contribution in [0.25, 0.3) is 15.3 Å². The molecule has 3 heterocycles. The van der Waals surface area contributed by atoms with Crippen molar-refractivity contribution in [2.75, 3.05) is 11.9 Å². The number of hydrogen-bond donors (Lipinski definition) is 1. The van der Waals surface area contributed by atoms with Crippen molar-refractivity contribution < 1.29 is 18.7 Å². The molecule has 5 rings (SSSR count). The number of nitrogens with zero attached hydrogens (tertiary/aromatic N) is 3. The van der Waals surface area contributed by atoms with E-state index in [2.05, 4.69) is 15.4 Å². The van der Waals surface area contributed by atoms with Gasteiger partial charge >= 0.3 is 0 Å². The first-order valence-corrected chi connectivity index (χ1v) is 9.71.